The fraction of sp³-hybridized carbons (Fsp3) is 0. The van der Waals surface area contributed by atoms with Crippen LogP contribution < -0.4 is 13.4 Å². The molecule has 0 bridgehead atoms. The van der Waals surface area contributed by atoms with Crippen LogP contribution in [0.15, 0.2) is 91.0 Å². The van der Waals surface area contributed by atoms with Crippen LogP contribution in [0.1, 0.15) is 0 Å². The Balaban J connectivity index is 0.000000545. The average molecular weight is 368 g/mol. The van der Waals surface area contributed by atoms with E-state index in [9.17, 15) is 0 Å². The first-order valence-corrected chi connectivity index (χ1v) is 9.75. The summed E-state index contributed by atoms with van der Waals surface area (Å²) in [5, 5.41) is 8.47. The van der Waals surface area contributed by atoms with Crippen LogP contribution in [0, 0.1) is 10.7 Å². The van der Waals surface area contributed by atoms with Gasteiger partial charge in [0.1, 0.15) is 0 Å². The Morgan fingerprint density at radius 3 is 1.05 bits per heavy atom. The summed E-state index contributed by atoms with van der Waals surface area (Å²) in [7, 11) is 0. The molecule has 0 N–H and O–H groups in total. The molecule has 0 spiro atoms. The Labute approximate surface area is 141 Å². The van der Waals surface area contributed by atoms with E-state index in [2.05, 4.69) is 104 Å². The van der Waals surface area contributed by atoms with Crippen LogP contribution >= 0.6 is 0 Å². The first-order chi connectivity index (χ1) is 10.9. The molecule has 3 rings (SSSR count). The molecular weight excluding hydrogens is 353 g/mol. The maximum absolute atomic E-state index is 7.13. The first-order valence-electron chi connectivity index (χ1n) is 6.77. The van der Waals surface area contributed by atoms with Gasteiger partial charge >= 0.3 is 118 Å². The van der Waals surface area contributed by atoms with Crippen molar-refractivity contribution in [3.63, 3.8) is 0 Å². The summed E-state index contributed by atoms with van der Waals surface area (Å²) in [5.41, 5.74) is 0. The van der Waals surface area contributed by atoms with Crippen molar-refractivity contribution >= 4 is 39.9 Å². The molecule has 0 unspecified atom stereocenters. The van der Waals surface area contributed by atoms with E-state index >= 15 is 0 Å². The van der Waals surface area contributed by atoms with Gasteiger partial charge in [-0.2, -0.15) is 0 Å². The molecule has 3 heteroatoms. The van der Waals surface area contributed by atoms with Gasteiger partial charge in [-0.05, 0) is 0 Å². The van der Waals surface area contributed by atoms with Gasteiger partial charge in [0.05, 0.1) is 0 Å². The quantitative estimate of drug-likeness (QED) is 0.402. The summed E-state index contributed by atoms with van der Waals surface area (Å²) in [6.07, 6.45) is 0. The van der Waals surface area contributed by atoms with E-state index in [0.717, 1.165) is 0 Å². The molecular formula is C19H15NSSe. The molecule has 0 amide bonds. The molecule has 0 fully saturated rings. The zero-order valence-electron chi connectivity index (χ0n) is 11.9. The van der Waals surface area contributed by atoms with Crippen molar-refractivity contribution in [2.75, 3.05) is 0 Å². The molecule has 3 aromatic rings. The summed E-state index contributed by atoms with van der Waals surface area (Å²) >= 11 is 2.55. The molecule has 0 saturated heterocycles. The monoisotopic (exact) mass is 369 g/mol. The van der Waals surface area contributed by atoms with Gasteiger partial charge in [-0.1, -0.05) is 5.40 Å². The summed E-state index contributed by atoms with van der Waals surface area (Å²) in [5.74, 6) is 0. The van der Waals surface area contributed by atoms with E-state index in [4.69, 9.17) is 5.26 Å². The normalized spacial score (nSPS) is 9.45. The molecule has 0 aliphatic carbocycles. The SMILES string of the molecule is N#C[S-].c1ccc([Se+](c2ccccc2)c2ccccc2)cc1. The maximum atomic E-state index is 7.13. The van der Waals surface area contributed by atoms with Gasteiger partial charge in [0, 0.05) is 0 Å². The number of nitriles is 1. The number of hydrogen-bond acceptors (Lipinski definition) is 2. The molecule has 0 aromatic heterocycles. The van der Waals surface area contributed by atoms with Crippen LogP contribution in [-0.4, -0.2) is 13.9 Å². The molecule has 0 atom stereocenters. The Kier molecular flexibility index (Phi) is 6.67. The fourth-order valence-corrected chi connectivity index (χ4v) is 6.49. The Bertz CT molecular complexity index is 615. The molecule has 0 heterocycles. The molecule has 0 aliphatic rings. The van der Waals surface area contributed by atoms with Crippen molar-refractivity contribution in [1.82, 2.24) is 0 Å². The number of hydrogen-bond donors (Lipinski definition) is 0. The second-order valence-corrected chi connectivity index (χ2v) is 8.77. The summed E-state index contributed by atoms with van der Waals surface area (Å²) in [4.78, 5) is 0. The van der Waals surface area contributed by atoms with Crippen molar-refractivity contribution in [3.8, 4) is 5.40 Å². The van der Waals surface area contributed by atoms with E-state index in [1.165, 1.54) is 18.8 Å². The predicted octanol–water partition coefficient (Wildman–Crippen LogP) is 2.22. The number of benzene rings is 3. The zero-order valence-corrected chi connectivity index (χ0v) is 14.5. The van der Waals surface area contributed by atoms with Crippen molar-refractivity contribution in [3.05, 3.63) is 91.0 Å². The number of rotatable bonds is 3. The zero-order chi connectivity index (χ0) is 15.6. The standard InChI is InChI=1S/C18H15Se.CHNS/c1-4-10-16(11-5-1)19(17-12-6-2-7-13-17)18-14-8-3-9-15-18;2-1-3/h1-15H;3H/q+1;/p-1. The van der Waals surface area contributed by atoms with Crippen molar-refractivity contribution in [1.29, 1.82) is 5.26 Å². The van der Waals surface area contributed by atoms with Gasteiger partial charge < -0.3 is 12.6 Å². The van der Waals surface area contributed by atoms with Gasteiger partial charge in [-0.3, -0.25) is 0 Å². The molecule has 0 radical (unpaired) electrons. The van der Waals surface area contributed by atoms with Gasteiger partial charge in [-0.15, -0.1) is 0 Å². The topological polar surface area (TPSA) is 23.8 Å². The van der Waals surface area contributed by atoms with Gasteiger partial charge in [0.25, 0.3) is 0 Å². The number of nitrogens with zero attached hydrogens (tertiary/aromatic N) is 1. The van der Waals surface area contributed by atoms with Gasteiger partial charge in [-0.25, -0.2) is 5.26 Å². The van der Waals surface area contributed by atoms with E-state index in [1.54, 1.807) is 0 Å². The Morgan fingerprint density at radius 2 is 0.818 bits per heavy atom. The Morgan fingerprint density at radius 1 is 0.591 bits per heavy atom. The second kappa shape index (κ2) is 9.02. The number of thiocyanates is 1. The fourth-order valence-electron chi connectivity index (χ4n) is 2.08. The van der Waals surface area contributed by atoms with E-state index < -0.39 is 13.9 Å². The van der Waals surface area contributed by atoms with Crippen LogP contribution in [0.2, 0.25) is 0 Å². The van der Waals surface area contributed by atoms with Crippen LogP contribution in [0.5, 0.6) is 0 Å². The minimum atomic E-state index is -1.15. The molecule has 22 heavy (non-hydrogen) atoms. The van der Waals surface area contributed by atoms with Crippen molar-refractivity contribution in [2.45, 2.75) is 0 Å². The molecule has 1 nitrogen and oxygen atoms in total. The van der Waals surface area contributed by atoms with Crippen LogP contribution in [0.3, 0.4) is 0 Å². The van der Waals surface area contributed by atoms with Crippen LogP contribution in [0.25, 0.3) is 0 Å². The summed E-state index contributed by atoms with van der Waals surface area (Å²) in [6, 6.07) is 32.6. The molecule has 108 valence electrons. The summed E-state index contributed by atoms with van der Waals surface area (Å²) < 4.78 is 4.37. The predicted molar refractivity (Wildman–Crippen MR) is 97.0 cm³/mol. The third-order valence-corrected chi connectivity index (χ3v) is 7.62. The van der Waals surface area contributed by atoms with Crippen LogP contribution in [0.4, 0.5) is 0 Å². The van der Waals surface area contributed by atoms with Crippen molar-refractivity contribution < 1.29 is 0 Å². The molecule has 0 aliphatic heterocycles. The van der Waals surface area contributed by atoms with Crippen molar-refractivity contribution in [2.24, 2.45) is 0 Å². The van der Waals surface area contributed by atoms with Gasteiger partial charge in [0.2, 0.25) is 0 Å². The minimum absolute atomic E-state index is 1.15. The third-order valence-electron chi connectivity index (χ3n) is 2.94. The summed E-state index contributed by atoms with van der Waals surface area (Å²) in [6.45, 7) is 0. The average Bonchev–Trinajstić information content (AvgIpc) is 2.59. The first kappa shape index (κ1) is 16.3. The van der Waals surface area contributed by atoms with E-state index in [0.29, 0.717) is 0 Å². The molecule has 3 aromatic carbocycles. The molecule has 0 saturated carbocycles. The van der Waals surface area contributed by atoms with E-state index in [-0.39, 0.29) is 0 Å². The third kappa shape index (κ3) is 4.44. The van der Waals surface area contributed by atoms with Crippen LogP contribution in [-0.2, 0) is 12.6 Å². The van der Waals surface area contributed by atoms with Gasteiger partial charge in [0.15, 0.2) is 0 Å². The Hall–Kier alpha value is -2.11. The van der Waals surface area contributed by atoms with E-state index in [1.807, 2.05) is 0 Å². The second-order valence-electron chi connectivity index (χ2n) is 4.34.